The summed E-state index contributed by atoms with van der Waals surface area (Å²) in [4.78, 5) is 0. The summed E-state index contributed by atoms with van der Waals surface area (Å²) in [6.07, 6.45) is 0. The van der Waals surface area contributed by atoms with Crippen molar-refractivity contribution in [1.29, 1.82) is 0 Å². The molecule has 0 aliphatic carbocycles. The normalized spacial score (nSPS) is 37.2. The first-order chi connectivity index (χ1) is 7.85. The van der Waals surface area contributed by atoms with Crippen LogP contribution < -0.4 is 17.0 Å². The summed E-state index contributed by atoms with van der Waals surface area (Å²) >= 11 is 6.86. The molecule has 3 atom stereocenters. The molecule has 0 N–H and O–H groups in total. The minimum absolute atomic E-state index is 0. The Kier molecular flexibility index (Phi) is 5.73. The van der Waals surface area contributed by atoms with E-state index in [-0.39, 0.29) is 27.0 Å². The predicted molar refractivity (Wildman–Crippen MR) is 80.2 cm³/mol. The van der Waals surface area contributed by atoms with Crippen LogP contribution >= 0.6 is 39.5 Å². The zero-order chi connectivity index (χ0) is 12.8. The topological polar surface area (TPSA) is 37.1 Å². The molecule has 8 heteroatoms. The number of thioether (sulfide) groups is 2. The SMILES string of the molecule is CC[N+](CC)=C1SC2CS(=O)(=O)C(Br)C2(C)S1.[Br-]. The highest BCUT2D eigenvalue weighted by atomic mass is 79.9. The highest BCUT2D eigenvalue weighted by Crippen LogP contribution is 2.57. The van der Waals surface area contributed by atoms with Gasteiger partial charge in [0.1, 0.15) is 17.2 Å². The number of rotatable bonds is 2. The van der Waals surface area contributed by atoms with E-state index < -0.39 is 14.0 Å². The van der Waals surface area contributed by atoms with Crippen molar-refractivity contribution in [2.75, 3.05) is 18.8 Å². The van der Waals surface area contributed by atoms with Gasteiger partial charge in [0.05, 0.1) is 10.5 Å². The molecule has 0 bridgehead atoms. The fourth-order valence-corrected chi connectivity index (χ4v) is 10.3. The maximum Gasteiger partial charge on any atom is 0.270 e. The lowest BCUT2D eigenvalue weighted by molar-refractivity contribution is -0.515. The summed E-state index contributed by atoms with van der Waals surface area (Å²) in [7, 11) is -2.96. The van der Waals surface area contributed by atoms with Gasteiger partial charge in [0, 0.05) is 5.25 Å². The molecule has 106 valence electrons. The van der Waals surface area contributed by atoms with E-state index >= 15 is 0 Å². The number of fused-ring (bicyclic) bond motifs is 1. The Balaban J connectivity index is 0.00000162. The van der Waals surface area contributed by atoms with Crippen LogP contribution in [0.2, 0.25) is 0 Å². The van der Waals surface area contributed by atoms with Crippen molar-refractivity contribution in [3.8, 4) is 0 Å². The lowest BCUT2D eigenvalue weighted by atomic mass is 10.1. The minimum atomic E-state index is -2.96. The van der Waals surface area contributed by atoms with E-state index in [2.05, 4.69) is 41.3 Å². The molecule has 2 heterocycles. The molecule has 0 spiro atoms. The fraction of sp³-hybridized carbons (Fsp3) is 0.900. The summed E-state index contributed by atoms with van der Waals surface area (Å²) < 4.78 is 26.8. The van der Waals surface area contributed by atoms with Crippen LogP contribution in [0.1, 0.15) is 20.8 Å². The van der Waals surface area contributed by atoms with Gasteiger partial charge in [-0.25, -0.2) is 13.0 Å². The Hall–Kier alpha value is 1.28. The molecular formula is C10H17Br2NO2S3. The third kappa shape index (κ3) is 2.69. The van der Waals surface area contributed by atoms with Gasteiger partial charge in [-0.1, -0.05) is 15.9 Å². The van der Waals surface area contributed by atoms with Crippen LogP contribution in [0.5, 0.6) is 0 Å². The molecule has 3 unspecified atom stereocenters. The van der Waals surface area contributed by atoms with Gasteiger partial charge in [-0.3, -0.25) is 0 Å². The van der Waals surface area contributed by atoms with Gasteiger partial charge in [-0.15, -0.1) is 0 Å². The summed E-state index contributed by atoms with van der Waals surface area (Å²) in [6, 6.07) is 0. The van der Waals surface area contributed by atoms with Crippen molar-refractivity contribution in [3.63, 3.8) is 0 Å². The summed E-state index contributed by atoms with van der Waals surface area (Å²) in [5.41, 5.74) is 0. The number of nitrogens with zero attached hydrogens (tertiary/aromatic N) is 1. The highest BCUT2D eigenvalue weighted by molar-refractivity contribution is 9.11. The maximum atomic E-state index is 11.9. The average molecular weight is 439 g/mol. The van der Waals surface area contributed by atoms with Crippen molar-refractivity contribution in [2.24, 2.45) is 0 Å². The van der Waals surface area contributed by atoms with Crippen LogP contribution in [0.25, 0.3) is 0 Å². The molecule has 0 aromatic carbocycles. The quantitative estimate of drug-likeness (QED) is 0.416. The Morgan fingerprint density at radius 2 is 2.00 bits per heavy atom. The third-order valence-corrected chi connectivity index (χ3v) is 12.1. The first kappa shape index (κ1) is 17.3. The summed E-state index contributed by atoms with van der Waals surface area (Å²) in [6.45, 7) is 8.30. The number of hydrogen-bond acceptors (Lipinski definition) is 4. The number of hydrogen-bond donors (Lipinski definition) is 0. The number of halogens is 2. The zero-order valence-corrected chi connectivity index (χ0v) is 16.1. The minimum Gasteiger partial charge on any atom is -1.00 e. The van der Waals surface area contributed by atoms with Crippen LogP contribution in [0, 0.1) is 0 Å². The third-order valence-electron chi connectivity index (χ3n) is 3.36. The maximum absolute atomic E-state index is 11.9. The van der Waals surface area contributed by atoms with Gasteiger partial charge in [0.15, 0.2) is 9.84 Å². The molecule has 0 radical (unpaired) electrons. The second-order valence-corrected chi connectivity index (χ2v) is 11.0. The van der Waals surface area contributed by atoms with Gasteiger partial charge >= 0.3 is 0 Å². The smallest absolute Gasteiger partial charge is 0.270 e. The molecule has 2 aliphatic heterocycles. The standard InChI is InChI=1S/C10H17BrNO2S3.BrH/c1-4-12(5-2)9-15-7-6-17(13,14)8(11)10(7,3)16-9;/h7-8H,4-6H2,1-3H3;1H/q+1;/p-1. The Bertz CT molecular complexity index is 460. The fourth-order valence-electron chi connectivity index (χ4n) is 2.18. The van der Waals surface area contributed by atoms with E-state index in [0.29, 0.717) is 5.75 Å². The molecule has 0 aromatic rings. The number of alkyl halides is 1. The van der Waals surface area contributed by atoms with Crippen molar-refractivity contribution in [2.45, 2.75) is 34.9 Å². The van der Waals surface area contributed by atoms with Crippen molar-refractivity contribution in [3.05, 3.63) is 0 Å². The first-order valence-corrected chi connectivity index (χ1v) is 10.0. The molecule has 2 saturated heterocycles. The van der Waals surface area contributed by atoms with Crippen molar-refractivity contribution in [1.82, 2.24) is 0 Å². The van der Waals surface area contributed by atoms with Gasteiger partial charge in [-0.05, 0) is 44.3 Å². The zero-order valence-electron chi connectivity index (χ0n) is 10.5. The van der Waals surface area contributed by atoms with Gasteiger partial charge in [-0.2, -0.15) is 0 Å². The molecular weight excluding hydrogens is 422 g/mol. The second kappa shape index (κ2) is 5.95. The first-order valence-electron chi connectivity index (χ1n) is 5.68. The Morgan fingerprint density at radius 3 is 2.44 bits per heavy atom. The molecule has 18 heavy (non-hydrogen) atoms. The van der Waals surface area contributed by atoms with Crippen LogP contribution in [0.4, 0.5) is 0 Å². The van der Waals surface area contributed by atoms with Gasteiger partial charge in [0.2, 0.25) is 0 Å². The van der Waals surface area contributed by atoms with Crippen molar-refractivity contribution < 1.29 is 30.0 Å². The molecule has 3 nitrogen and oxygen atoms in total. The Labute approximate surface area is 136 Å². The van der Waals surface area contributed by atoms with E-state index in [1.165, 1.54) is 4.38 Å². The molecule has 0 saturated carbocycles. The molecule has 0 aromatic heterocycles. The largest absolute Gasteiger partial charge is 1.00 e. The van der Waals surface area contributed by atoms with E-state index in [1.807, 2.05) is 0 Å². The summed E-state index contributed by atoms with van der Waals surface area (Å²) in [5, 5.41) is 0.178. The van der Waals surface area contributed by atoms with Crippen LogP contribution in [-0.4, -0.2) is 50.4 Å². The van der Waals surface area contributed by atoms with E-state index in [9.17, 15) is 8.42 Å². The highest BCUT2D eigenvalue weighted by Gasteiger charge is 2.62. The molecule has 0 amide bonds. The monoisotopic (exact) mass is 437 g/mol. The lowest BCUT2D eigenvalue weighted by Crippen LogP contribution is -3.00. The lowest BCUT2D eigenvalue weighted by Gasteiger charge is -2.21. The van der Waals surface area contributed by atoms with Crippen molar-refractivity contribution >= 4 is 53.7 Å². The number of sulfone groups is 1. The van der Waals surface area contributed by atoms with E-state index in [4.69, 9.17) is 0 Å². The van der Waals surface area contributed by atoms with Crippen LogP contribution in [0.15, 0.2) is 0 Å². The predicted octanol–water partition coefficient (Wildman–Crippen LogP) is -0.845. The molecule has 2 rings (SSSR count). The average Bonchev–Trinajstić information content (AvgIpc) is 2.64. The van der Waals surface area contributed by atoms with E-state index in [1.54, 1.807) is 23.5 Å². The van der Waals surface area contributed by atoms with Crippen LogP contribution in [-0.2, 0) is 9.84 Å². The van der Waals surface area contributed by atoms with E-state index in [0.717, 1.165) is 13.1 Å². The molecule has 2 aliphatic rings. The summed E-state index contributed by atoms with van der Waals surface area (Å²) in [5.74, 6) is 0.294. The molecule has 2 fully saturated rings. The van der Waals surface area contributed by atoms with Gasteiger partial charge < -0.3 is 17.0 Å². The van der Waals surface area contributed by atoms with Crippen LogP contribution in [0.3, 0.4) is 0 Å². The van der Waals surface area contributed by atoms with Gasteiger partial charge in [0.25, 0.3) is 4.38 Å². The Morgan fingerprint density at radius 1 is 1.44 bits per heavy atom. The second-order valence-electron chi connectivity index (χ2n) is 4.48.